The van der Waals surface area contributed by atoms with Gasteiger partial charge in [-0.2, -0.15) is 0 Å². The molecular formula is C14H16O2. The lowest BCUT2D eigenvalue weighted by atomic mass is 9.75. The van der Waals surface area contributed by atoms with Crippen molar-refractivity contribution in [2.75, 3.05) is 0 Å². The van der Waals surface area contributed by atoms with Gasteiger partial charge in [-0.3, -0.25) is 0 Å². The molecule has 0 radical (unpaired) electrons. The molecular weight excluding hydrogens is 200 g/mol. The fraction of sp³-hybridized carbons (Fsp3) is 0.500. The first-order valence-corrected chi connectivity index (χ1v) is 6.09. The van der Waals surface area contributed by atoms with Gasteiger partial charge in [-0.15, -0.1) is 0 Å². The van der Waals surface area contributed by atoms with Crippen LogP contribution in [-0.2, 0) is 4.79 Å². The van der Waals surface area contributed by atoms with Crippen LogP contribution in [0.3, 0.4) is 0 Å². The highest BCUT2D eigenvalue weighted by atomic mass is 16.5. The average molecular weight is 216 g/mol. The van der Waals surface area contributed by atoms with E-state index in [1.165, 1.54) is 19.3 Å². The van der Waals surface area contributed by atoms with Crippen LogP contribution in [0, 0.1) is 0 Å². The molecule has 1 aromatic carbocycles. The molecule has 1 aliphatic carbocycles. The summed E-state index contributed by atoms with van der Waals surface area (Å²) in [6.45, 7) is 0. The van der Waals surface area contributed by atoms with Crippen LogP contribution < -0.4 is 4.74 Å². The summed E-state index contributed by atoms with van der Waals surface area (Å²) < 4.78 is 6.11. The maximum atomic E-state index is 11.4. The number of aldehydes is 1. The van der Waals surface area contributed by atoms with E-state index >= 15 is 0 Å². The number of hydrogen-bond donors (Lipinski definition) is 0. The van der Waals surface area contributed by atoms with Gasteiger partial charge in [-0.25, -0.2) is 0 Å². The Bertz CT molecular complexity index is 405. The summed E-state index contributed by atoms with van der Waals surface area (Å²) in [5.41, 5.74) is 0.864. The Labute approximate surface area is 95.6 Å². The third kappa shape index (κ3) is 1.29. The topological polar surface area (TPSA) is 26.3 Å². The Morgan fingerprint density at radius 3 is 2.69 bits per heavy atom. The quantitative estimate of drug-likeness (QED) is 0.674. The zero-order valence-electron chi connectivity index (χ0n) is 9.32. The molecule has 0 amide bonds. The van der Waals surface area contributed by atoms with Crippen LogP contribution in [0.1, 0.15) is 43.6 Å². The van der Waals surface area contributed by atoms with E-state index in [1.54, 1.807) is 0 Å². The van der Waals surface area contributed by atoms with Gasteiger partial charge in [0.1, 0.15) is 17.6 Å². The van der Waals surface area contributed by atoms with Crippen molar-refractivity contribution in [3.8, 4) is 5.75 Å². The lowest BCUT2D eigenvalue weighted by Crippen LogP contribution is -2.40. The van der Waals surface area contributed by atoms with Gasteiger partial charge in [0, 0.05) is 5.56 Å². The molecule has 1 aromatic rings. The zero-order chi connectivity index (χ0) is 11.0. The van der Waals surface area contributed by atoms with E-state index in [0.717, 1.165) is 30.4 Å². The van der Waals surface area contributed by atoms with Crippen molar-refractivity contribution in [2.24, 2.45) is 0 Å². The fourth-order valence-electron chi connectivity index (χ4n) is 3.16. The first kappa shape index (κ1) is 9.88. The van der Waals surface area contributed by atoms with Crippen LogP contribution >= 0.6 is 0 Å². The van der Waals surface area contributed by atoms with Gasteiger partial charge in [-0.1, -0.05) is 24.6 Å². The number of hydrogen-bond acceptors (Lipinski definition) is 2. The SMILES string of the molecule is O=CC1c2ccccc2OC12CCCCC2. The predicted molar refractivity (Wildman–Crippen MR) is 61.7 cm³/mol. The summed E-state index contributed by atoms with van der Waals surface area (Å²) >= 11 is 0. The Hall–Kier alpha value is -1.31. The molecule has 0 bridgehead atoms. The Kier molecular flexibility index (Phi) is 2.23. The van der Waals surface area contributed by atoms with Crippen molar-refractivity contribution in [3.05, 3.63) is 29.8 Å². The van der Waals surface area contributed by atoms with Gasteiger partial charge in [-0.05, 0) is 31.7 Å². The average Bonchev–Trinajstić information content (AvgIpc) is 2.62. The maximum Gasteiger partial charge on any atom is 0.131 e. The Balaban J connectivity index is 2.02. The third-order valence-corrected chi connectivity index (χ3v) is 3.97. The molecule has 2 nitrogen and oxygen atoms in total. The van der Waals surface area contributed by atoms with Gasteiger partial charge >= 0.3 is 0 Å². The van der Waals surface area contributed by atoms with Gasteiger partial charge in [0.05, 0.1) is 5.92 Å². The van der Waals surface area contributed by atoms with Crippen LogP contribution in [0.5, 0.6) is 5.75 Å². The molecule has 1 heterocycles. The molecule has 0 saturated heterocycles. The Morgan fingerprint density at radius 1 is 1.19 bits per heavy atom. The van der Waals surface area contributed by atoms with Crippen molar-refractivity contribution in [3.63, 3.8) is 0 Å². The van der Waals surface area contributed by atoms with Gasteiger partial charge < -0.3 is 9.53 Å². The third-order valence-electron chi connectivity index (χ3n) is 3.97. The van der Waals surface area contributed by atoms with E-state index in [2.05, 4.69) is 0 Å². The first-order valence-electron chi connectivity index (χ1n) is 6.09. The summed E-state index contributed by atoms with van der Waals surface area (Å²) in [5, 5.41) is 0. The minimum atomic E-state index is -0.219. The monoisotopic (exact) mass is 216 g/mol. The highest BCUT2D eigenvalue weighted by Crippen LogP contribution is 2.50. The molecule has 16 heavy (non-hydrogen) atoms. The Morgan fingerprint density at radius 2 is 1.94 bits per heavy atom. The second kappa shape index (κ2) is 3.62. The zero-order valence-corrected chi connectivity index (χ0v) is 9.32. The van der Waals surface area contributed by atoms with Crippen LogP contribution in [0.2, 0.25) is 0 Å². The molecule has 84 valence electrons. The lowest BCUT2D eigenvalue weighted by molar-refractivity contribution is -0.113. The maximum absolute atomic E-state index is 11.4. The highest BCUT2D eigenvalue weighted by Gasteiger charge is 2.48. The van der Waals surface area contributed by atoms with Crippen molar-refractivity contribution in [2.45, 2.75) is 43.6 Å². The minimum absolute atomic E-state index is 0.0519. The van der Waals surface area contributed by atoms with E-state index in [1.807, 2.05) is 24.3 Å². The number of para-hydroxylation sites is 1. The molecule has 1 unspecified atom stereocenters. The summed E-state index contributed by atoms with van der Waals surface area (Å²) in [4.78, 5) is 11.4. The second-order valence-corrected chi connectivity index (χ2v) is 4.88. The van der Waals surface area contributed by atoms with E-state index in [9.17, 15) is 4.79 Å². The largest absolute Gasteiger partial charge is 0.486 e. The highest BCUT2D eigenvalue weighted by molar-refractivity contribution is 5.69. The number of ether oxygens (including phenoxy) is 1. The summed E-state index contributed by atoms with van der Waals surface area (Å²) in [5.74, 6) is 0.866. The van der Waals surface area contributed by atoms with Gasteiger partial charge in [0.2, 0.25) is 0 Å². The number of carbonyl (C=O) groups excluding carboxylic acids is 1. The minimum Gasteiger partial charge on any atom is -0.486 e. The van der Waals surface area contributed by atoms with Crippen molar-refractivity contribution < 1.29 is 9.53 Å². The molecule has 0 aromatic heterocycles. The standard InChI is InChI=1S/C14H16O2/c15-10-12-11-6-2-3-7-13(11)16-14(12)8-4-1-5-9-14/h2-3,6-7,10,12H,1,4-5,8-9H2. The van der Waals surface area contributed by atoms with E-state index in [-0.39, 0.29) is 11.5 Å². The molecule has 2 aliphatic rings. The van der Waals surface area contributed by atoms with Crippen LogP contribution in [0.25, 0.3) is 0 Å². The molecule has 1 spiro atoms. The van der Waals surface area contributed by atoms with Gasteiger partial charge in [0.25, 0.3) is 0 Å². The van der Waals surface area contributed by atoms with Crippen LogP contribution in [0.4, 0.5) is 0 Å². The van der Waals surface area contributed by atoms with E-state index < -0.39 is 0 Å². The lowest BCUT2D eigenvalue weighted by Gasteiger charge is -2.35. The number of benzene rings is 1. The molecule has 1 aliphatic heterocycles. The van der Waals surface area contributed by atoms with E-state index in [0.29, 0.717) is 0 Å². The molecule has 1 atom stereocenters. The molecule has 2 heteroatoms. The number of carbonyl (C=O) groups is 1. The summed E-state index contributed by atoms with van der Waals surface area (Å²) in [6.07, 6.45) is 6.75. The van der Waals surface area contributed by atoms with E-state index in [4.69, 9.17) is 4.74 Å². The second-order valence-electron chi connectivity index (χ2n) is 4.88. The van der Waals surface area contributed by atoms with Crippen molar-refractivity contribution >= 4 is 6.29 Å². The smallest absolute Gasteiger partial charge is 0.131 e. The van der Waals surface area contributed by atoms with Crippen LogP contribution in [-0.4, -0.2) is 11.9 Å². The van der Waals surface area contributed by atoms with Crippen LogP contribution in [0.15, 0.2) is 24.3 Å². The number of fused-ring (bicyclic) bond motifs is 1. The molecule has 1 fully saturated rings. The first-order chi connectivity index (χ1) is 7.86. The summed E-state index contributed by atoms with van der Waals surface area (Å²) in [7, 11) is 0. The molecule has 0 N–H and O–H groups in total. The molecule has 1 saturated carbocycles. The molecule has 3 rings (SSSR count). The van der Waals surface area contributed by atoms with Crippen molar-refractivity contribution in [1.82, 2.24) is 0 Å². The summed E-state index contributed by atoms with van der Waals surface area (Å²) in [6, 6.07) is 7.97. The van der Waals surface area contributed by atoms with Crippen molar-refractivity contribution in [1.29, 1.82) is 0 Å². The normalized spacial score (nSPS) is 26.1. The fourth-order valence-corrected chi connectivity index (χ4v) is 3.16. The van der Waals surface area contributed by atoms with Gasteiger partial charge in [0.15, 0.2) is 0 Å². The predicted octanol–water partition coefficient (Wildman–Crippen LogP) is 3.06. The number of rotatable bonds is 1.